The zero-order valence-electron chi connectivity index (χ0n) is 12.2. The van der Waals surface area contributed by atoms with Gasteiger partial charge in [-0.3, -0.25) is 25.2 Å². The summed E-state index contributed by atoms with van der Waals surface area (Å²) >= 11 is 5.75. The third-order valence-corrected chi connectivity index (χ3v) is 3.56. The minimum Gasteiger partial charge on any atom is -0.267 e. The number of carbonyl (C=O) groups excluding carboxylic acids is 2. The molecule has 2 aromatic carbocycles. The molecule has 0 aliphatic heterocycles. The van der Waals surface area contributed by atoms with Gasteiger partial charge in [0.05, 0.1) is 5.39 Å². The zero-order chi connectivity index (χ0) is 17.1. The summed E-state index contributed by atoms with van der Waals surface area (Å²) in [6.45, 7) is 0. The van der Waals surface area contributed by atoms with Crippen LogP contribution in [0.25, 0.3) is 10.8 Å². The van der Waals surface area contributed by atoms with Crippen molar-refractivity contribution in [3.63, 3.8) is 0 Å². The number of hydrazine groups is 1. The largest absolute Gasteiger partial charge is 0.290 e. The molecule has 0 unspecified atom stereocenters. The summed E-state index contributed by atoms with van der Waals surface area (Å²) < 4.78 is 0. The van der Waals surface area contributed by atoms with E-state index in [-0.39, 0.29) is 5.69 Å². The Labute approximate surface area is 140 Å². The molecule has 0 aliphatic carbocycles. The van der Waals surface area contributed by atoms with E-state index in [9.17, 15) is 14.4 Å². The Kier molecular flexibility index (Phi) is 4.26. The maximum Gasteiger partial charge on any atom is 0.290 e. The molecule has 24 heavy (non-hydrogen) atoms. The molecule has 0 aliphatic rings. The quantitative estimate of drug-likeness (QED) is 0.616. The Balaban J connectivity index is 1.78. The Morgan fingerprint density at radius 3 is 2.25 bits per heavy atom. The first kappa shape index (κ1) is 15.7. The summed E-state index contributed by atoms with van der Waals surface area (Å²) in [6, 6.07) is 12.7. The molecular weight excluding hydrogens is 332 g/mol. The summed E-state index contributed by atoms with van der Waals surface area (Å²) in [5.74, 6) is -1.15. The normalized spacial score (nSPS) is 10.4. The fraction of sp³-hybridized carbons (Fsp3) is 0. The first-order valence-corrected chi connectivity index (χ1v) is 7.28. The lowest BCUT2D eigenvalue weighted by atomic mass is 10.1. The molecule has 0 saturated heterocycles. The highest BCUT2D eigenvalue weighted by Gasteiger charge is 2.15. The molecule has 3 N–H and O–H groups in total. The second kappa shape index (κ2) is 6.51. The first-order chi connectivity index (χ1) is 11.6. The number of benzene rings is 2. The van der Waals surface area contributed by atoms with E-state index in [1.807, 2.05) is 0 Å². The molecule has 0 spiro atoms. The van der Waals surface area contributed by atoms with Gasteiger partial charge >= 0.3 is 0 Å². The van der Waals surface area contributed by atoms with E-state index in [1.165, 1.54) is 12.1 Å². The highest BCUT2D eigenvalue weighted by molar-refractivity contribution is 6.30. The number of halogens is 1. The van der Waals surface area contributed by atoms with Crippen molar-refractivity contribution in [3.05, 3.63) is 75.2 Å². The second-order valence-electron chi connectivity index (χ2n) is 4.86. The van der Waals surface area contributed by atoms with Crippen LogP contribution in [0.15, 0.2) is 53.3 Å². The lowest BCUT2D eigenvalue weighted by molar-refractivity contribution is 0.0844. The van der Waals surface area contributed by atoms with Crippen molar-refractivity contribution in [1.82, 2.24) is 21.0 Å². The van der Waals surface area contributed by atoms with E-state index in [0.717, 1.165) is 0 Å². The van der Waals surface area contributed by atoms with Gasteiger partial charge in [0.25, 0.3) is 17.4 Å². The van der Waals surface area contributed by atoms with E-state index in [4.69, 9.17) is 11.6 Å². The lowest BCUT2D eigenvalue weighted by Gasteiger charge is -2.08. The SMILES string of the molecule is O=C(NNC(=O)c1n[nH]c(=O)c2ccccc12)c1ccc(Cl)cc1. The summed E-state index contributed by atoms with van der Waals surface area (Å²) in [7, 11) is 0. The minimum atomic E-state index is -0.648. The predicted molar refractivity (Wildman–Crippen MR) is 88.7 cm³/mol. The second-order valence-corrected chi connectivity index (χ2v) is 5.30. The molecule has 0 radical (unpaired) electrons. The average molecular weight is 343 g/mol. The number of hydrogen-bond donors (Lipinski definition) is 3. The molecule has 2 amide bonds. The summed E-state index contributed by atoms with van der Waals surface area (Å²) in [6.07, 6.45) is 0. The number of rotatable bonds is 2. The third kappa shape index (κ3) is 3.11. The van der Waals surface area contributed by atoms with Gasteiger partial charge in [0.1, 0.15) is 0 Å². The van der Waals surface area contributed by atoms with Crippen LogP contribution >= 0.6 is 11.6 Å². The van der Waals surface area contributed by atoms with Crippen molar-refractivity contribution in [2.45, 2.75) is 0 Å². The van der Waals surface area contributed by atoms with Gasteiger partial charge in [0.2, 0.25) is 0 Å². The molecule has 3 aromatic rings. The fourth-order valence-electron chi connectivity index (χ4n) is 2.13. The van der Waals surface area contributed by atoms with E-state index in [0.29, 0.717) is 21.4 Å². The van der Waals surface area contributed by atoms with Crippen molar-refractivity contribution in [1.29, 1.82) is 0 Å². The number of carbonyl (C=O) groups is 2. The molecule has 8 heteroatoms. The monoisotopic (exact) mass is 342 g/mol. The summed E-state index contributed by atoms with van der Waals surface area (Å²) in [5, 5.41) is 7.23. The Bertz CT molecular complexity index is 983. The van der Waals surface area contributed by atoms with Crippen molar-refractivity contribution >= 4 is 34.2 Å². The predicted octanol–water partition coefficient (Wildman–Crippen LogP) is 1.65. The van der Waals surface area contributed by atoms with Crippen LogP contribution in [0.4, 0.5) is 0 Å². The smallest absolute Gasteiger partial charge is 0.267 e. The molecule has 1 heterocycles. The molecule has 0 fully saturated rings. The van der Waals surface area contributed by atoms with Crippen LogP contribution in [0.5, 0.6) is 0 Å². The topological polar surface area (TPSA) is 104 Å². The molecule has 0 saturated carbocycles. The number of aromatic nitrogens is 2. The fourth-order valence-corrected chi connectivity index (χ4v) is 2.26. The summed E-state index contributed by atoms with van der Waals surface area (Å²) in [5.41, 5.74) is 4.49. The van der Waals surface area contributed by atoms with Crippen LogP contribution in [-0.4, -0.2) is 22.0 Å². The molecule has 3 rings (SSSR count). The van der Waals surface area contributed by atoms with Gasteiger partial charge in [0, 0.05) is 16.0 Å². The van der Waals surface area contributed by atoms with E-state index in [1.54, 1.807) is 36.4 Å². The Morgan fingerprint density at radius 2 is 1.54 bits per heavy atom. The van der Waals surface area contributed by atoms with E-state index in [2.05, 4.69) is 21.0 Å². The van der Waals surface area contributed by atoms with Gasteiger partial charge in [-0.25, -0.2) is 5.10 Å². The van der Waals surface area contributed by atoms with Gasteiger partial charge < -0.3 is 0 Å². The number of nitrogens with one attached hydrogen (secondary N) is 3. The first-order valence-electron chi connectivity index (χ1n) is 6.90. The molecule has 1 aromatic heterocycles. The van der Waals surface area contributed by atoms with Crippen molar-refractivity contribution in [2.24, 2.45) is 0 Å². The van der Waals surface area contributed by atoms with Crippen LogP contribution in [-0.2, 0) is 0 Å². The highest BCUT2D eigenvalue weighted by atomic mass is 35.5. The lowest BCUT2D eigenvalue weighted by Crippen LogP contribution is -2.42. The number of aromatic amines is 1. The van der Waals surface area contributed by atoms with Crippen molar-refractivity contribution < 1.29 is 9.59 Å². The summed E-state index contributed by atoms with van der Waals surface area (Å²) in [4.78, 5) is 35.9. The van der Waals surface area contributed by atoms with E-state index < -0.39 is 17.4 Å². The van der Waals surface area contributed by atoms with Crippen LogP contribution in [0.2, 0.25) is 5.02 Å². The van der Waals surface area contributed by atoms with Crippen LogP contribution < -0.4 is 16.4 Å². The van der Waals surface area contributed by atoms with Gasteiger partial charge in [-0.1, -0.05) is 29.8 Å². The Morgan fingerprint density at radius 1 is 0.917 bits per heavy atom. The molecule has 7 nitrogen and oxygen atoms in total. The maximum atomic E-state index is 12.2. The Hall–Kier alpha value is -3.19. The molecule has 120 valence electrons. The maximum absolute atomic E-state index is 12.2. The van der Waals surface area contributed by atoms with E-state index >= 15 is 0 Å². The van der Waals surface area contributed by atoms with Crippen molar-refractivity contribution in [3.8, 4) is 0 Å². The average Bonchev–Trinajstić information content (AvgIpc) is 2.60. The van der Waals surface area contributed by atoms with Crippen LogP contribution in [0.3, 0.4) is 0 Å². The third-order valence-electron chi connectivity index (χ3n) is 3.31. The van der Waals surface area contributed by atoms with Gasteiger partial charge in [-0.15, -0.1) is 0 Å². The zero-order valence-corrected chi connectivity index (χ0v) is 12.9. The number of fused-ring (bicyclic) bond motifs is 1. The molecule has 0 atom stereocenters. The van der Waals surface area contributed by atoms with Gasteiger partial charge in [-0.2, -0.15) is 5.10 Å². The number of H-pyrrole nitrogens is 1. The van der Waals surface area contributed by atoms with Gasteiger partial charge in [-0.05, 0) is 30.3 Å². The number of amides is 2. The number of nitrogens with zero attached hydrogens (tertiary/aromatic N) is 1. The van der Waals surface area contributed by atoms with Crippen molar-refractivity contribution in [2.75, 3.05) is 0 Å². The highest BCUT2D eigenvalue weighted by Crippen LogP contribution is 2.12. The number of hydrogen-bond acceptors (Lipinski definition) is 4. The molecule has 0 bridgehead atoms. The standard InChI is InChI=1S/C16H11ClN4O3/c17-10-7-5-9(6-8-10)14(22)19-21-16(24)13-11-3-1-2-4-12(11)15(23)20-18-13/h1-8H,(H,19,22)(H,20,23)(H,21,24). The molecular formula is C16H11ClN4O3. The van der Waals surface area contributed by atoms with Crippen LogP contribution in [0, 0.1) is 0 Å². The minimum absolute atomic E-state index is 0.00149. The van der Waals surface area contributed by atoms with Gasteiger partial charge in [0.15, 0.2) is 5.69 Å². The van der Waals surface area contributed by atoms with Crippen LogP contribution in [0.1, 0.15) is 20.8 Å².